The van der Waals surface area contributed by atoms with Crippen molar-refractivity contribution in [1.82, 2.24) is 4.98 Å². The number of ether oxygens (including phenoxy) is 1. The number of benzene rings is 1. The molecule has 0 aliphatic carbocycles. The summed E-state index contributed by atoms with van der Waals surface area (Å²) in [5.41, 5.74) is 8.76. The molecule has 0 fully saturated rings. The van der Waals surface area contributed by atoms with E-state index in [1.165, 1.54) is 0 Å². The topological polar surface area (TPSA) is 51.4 Å². The second-order valence-corrected chi connectivity index (χ2v) is 4.09. The summed E-state index contributed by atoms with van der Waals surface area (Å²) in [5, 5.41) is 0. The molecule has 2 N–H and O–H groups in total. The van der Waals surface area contributed by atoms with Crippen LogP contribution >= 0.6 is 0 Å². The van der Waals surface area contributed by atoms with Crippen LogP contribution in [0.2, 0.25) is 0 Å². The largest absolute Gasteiger partial charge is 0.481 e. The van der Waals surface area contributed by atoms with Crippen molar-refractivity contribution in [3.8, 4) is 5.88 Å². The summed E-state index contributed by atoms with van der Waals surface area (Å²) in [6, 6.07) is 11.7. The summed E-state index contributed by atoms with van der Waals surface area (Å²) in [5.74, 6) is 0.652. The highest BCUT2D eigenvalue weighted by Gasteiger charge is 2.09. The molecule has 4 nitrogen and oxygen atoms in total. The molecule has 2 aromatic rings. The van der Waals surface area contributed by atoms with E-state index in [-0.39, 0.29) is 0 Å². The van der Waals surface area contributed by atoms with Crippen LogP contribution in [0, 0.1) is 0 Å². The summed E-state index contributed by atoms with van der Waals surface area (Å²) in [7, 11) is 3.63. The number of nitrogens with zero attached hydrogens (tertiary/aromatic N) is 2. The maximum atomic E-state index is 5.96. The van der Waals surface area contributed by atoms with E-state index in [4.69, 9.17) is 10.5 Å². The van der Waals surface area contributed by atoms with Gasteiger partial charge in [0.05, 0.1) is 18.5 Å². The average molecular weight is 243 g/mol. The molecule has 0 saturated heterocycles. The summed E-state index contributed by atoms with van der Waals surface area (Å²) in [6.07, 6.45) is 1.72. The lowest BCUT2D eigenvalue weighted by atomic mass is 10.2. The Kier molecular flexibility index (Phi) is 3.67. The van der Waals surface area contributed by atoms with Gasteiger partial charge in [-0.05, 0) is 18.2 Å². The smallest absolute Gasteiger partial charge is 0.218 e. The fraction of sp³-hybridized carbons (Fsp3) is 0.214. The van der Waals surface area contributed by atoms with Crippen molar-refractivity contribution < 1.29 is 4.74 Å². The van der Waals surface area contributed by atoms with Gasteiger partial charge in [0.15, 0.2) is 0 Å². The zero-order valence-electron chi connectivity index (χ0n) is 10.6. The minimum absolute atomic E-state index is 0.652. The number of rotatable bonds is 4. The third kappa shape index (κ3) is 2.53. The molecule has 1 aromatic heterocycles. The predicted molar refractivity (Wildman–Crippen MR) is 73.8 cm³/mol. The average Bonchev–Trinajstić information content (AvgIpc) is 2.39. The normalized spacial score (nSPS) is 10.1. The lowest BCUT2D eigenvalue weighted by Crippen LogP contribution is -2.18. The van der Waals surface area contributed by atoms with Crippen molar-refractivity contribution in [3.63, 3.8) is 0 Å². The van der Waals surface area contributed by atoms with E-state index < -0.39 is 0 Å². The Labute approximate surface area is 107 Å². The van der Waals surface area contributed by atoms with Gasteiger partial charge < -0.3 is 15.4 Å². The second kappa shape index (κ2) is 5.40. The molecule has 0 unspecified atom stereocenters. The van der Waals surface area contributed by atoms with Crippen LogP contribution in [-0.4, -0.2) is 19.1 Å². The fourth-order valence-corrected chi connectivity index (χ4v) is 1.90. The van der Waals surface area contributed by atoms with Gasteiger partial charge in [-0.2, -0.15) is 0 Å². The number of hydrogen-bond donors (Lipinski definition) is 1. The van der Waals surface area contributed by atoms with Crippen LogP contribution in [0.4, 0.5) is 11.4 Å². The predicted octanol–water partition coefficient (Wildman–Crippen LogP) is 2.31. The third-order valence-electron chi connectivity index (χ3n) is 2.80. The quantitative estimate of drug-likeness (QED) is 0.837. The Bertz CT molecular complexity index is 528. The molecule has 0 spiro atoms. The third-order valence-corrected chi connectivity index (χ3v) is 2.80. The summed E-state index contributed by atoms with van der Waals surface area (Å²) in [6.45, 7) is 0.700. The van der Waals surface area contributed by atoms with E-state index in [0.717, 1.165) is 16.9 Å². The van der Waals surface area contributed by atoms with Crippen LogP contribution < -0.4 is 15.4 Å². The van der Waals surface area contributed by atoms with Crippen LogP contribution in [0.1, 0.15) is 5.56 Å². The first kappa shape index (κ1) is 12.2. The molecule has 18 heavy (non-hydrogen) atoms. The van der Waals surface area contributed by atoms with Crippen molar-refractivity contribution in [2.75, 3.05) is 24.8 Å². The number of aromatic nitrogens is 1. The number of hydrogen-bond acceptors (Lipinski definition) is 4. The van der Waals surface area contributed by atoms with Gasteiger partial charge in [-0.15, -0.1) is 0 Å². The summed E-state index contributed by atoms with van der Waals surface area (Å²) in [4.78, 5) is 6.26. The number of nitrogens with two attached hydrogens (primary N) is 1. The number of anilines is 2. The molecule has 0 bridgehead atoms. The van der Waals surface area contributed by atoms with E-state index in [0.29, 0.717) is 12.4 Å². The van der Waals surface area contributed by atoms with Crippen LogP contribution in [0.3, 0.4) is 0 Å². The minimum atomic E-state index is 0.652. The molecule has 1 aromatic carbocycles. The second-order valence-electron chi connectivity index (χ2n) is 4.09. The molecule has 0 aliphatic heterocycles. The van der Waals surface area contributed by atoms with Crippen LogP contribution in [0.25, 0.3) is 0 Å². The van der Waals surface area contributed by atoms with Crippen LogP contribution in [0.5, 0.6) is 5.88 Å². The first-order valence-electron chi connectivity index (χ1n) is 5.76. The highest BCUT2D eigenvalue weighted by Crippen LogP contribution is 2.24. The van der Waals surface area contributed by atoms with Crippen molar-refractivity contribution in [2.24, 2.45) is 0 Å². The first-order chi connectivity index (χ1) is 8.72. The van der Waals surface area contributed by atoms with Gasteiger partial charge in [-0.3, -0.25) is 0 Å². The van der Waals surface area contributed by atoms with E-state index in [1.54, 1.807) is 13.3 Å². The van der Waals surface area contributed by atoms with Crippen LogP contribution in [0.15, 0.2) is 42.6 Å². The van der Waals surface area contributed by atoms with E-state index in [9.17, 15) is 0 Å². The van der Waals surface area contributed by atoms with Gasteiger partial charge in [0.25, 0.3) is 0 Å². The molecule has 94 valence electrons. The van der Waals surface area contributed by atoms with Crippen molar-refractivity contribution >= 4 is 11.4 Å². The van der Waals surface area contributed by atoms with Gasteiger partial charge >= 0.3 is 0 Å². The monoisotopic (exact) mass is 243 g/mol. The molecule has 0 amide bonds. The fourth-order valence-electron chi connectivity index (χ4n) is 1.90. The number of pyridine rings is 1. The Balaban J connectivity index is 2.21. The van der Waals surface area contributed by atoms with E-state index >= 15 is 0 Å². The van der Waals surface area contributed by atoms with Crippen molar-refractivity contribution in [2.45, 2.75) is 6.54 Å². The lowest BCUT2D eigenvalue weighted by molar-refractivity contribution is 0.392. The molecule has 0 atom stereocenters. The lowest BCUT2D eigenvalue weighted by Gasteiger charge is -2.21. The Morgan fingerprint density at radius 2 is 2.00 bits per heavy atom. The standard InChI is InChI=1S/C14H17N3O/c1-17(13-8-4-3-7-12(13)15)10-11-6-5-9-16-14(11)18-2/h3-9H,10,15H2,1-2H3. The van der Waals surface area contributed by atoms with Crippen LogP contribution in [-0.2, 0) is 6.54 Å². The molecular weight excluding hydrogens is 226 g/mol. The van der Waals surface area contributed by atoms with Crippen molar-refractivity contribution in [1.29, 1.82) is 0 Å². The van der Waals surface area contributed by atoms with Crippen molar-refractivity contribution in [3.05, 3.63) is 48.2 Å². The molecule has 2 rings (SSSR count). The number of methoxy groups -OCH3 is 1. The molecular formula is C14H17N3O. The maximum Gasteiger partial charge on any atom is 0.218 e. The maximum absolute atomic E-state index is 5.96. The van der Waals surface area contributed by atoms with Gasteiger partial charge in [0.1, 0.15) is 0 Å². The Hall–Kier alpha value is -2.23. The minimum Gasteiger partial charge on any atom is -0.481 e. The summed E-state index contributed by atoms with van der Waals surface area (Å²) >= 11 is 0. The van der Waals surface area contributed by atoms with Gasteiger partial charge in [-0.1, -0.05) is 18.2 Å². The first-order valence-corrected chi connectivity index (χ1v) is 5.76. The highest BCUT2D eigenvalue weighted by molar-refractivity contribution is 5.67. The van der Waals surface area contributed by atoms with E-state index in [1.807, 2.05) is 43.4 Å². The Morgan fingerprint density at radius 1 is 1.22 bits per heavy atom. The van der Waals surface area contributed by atoms with E-state index in [2.05, 4.69) is 9.88 Å². The molecule has 0 saturated carbocycles. The Morgan fingerprint density at radius 3 is 2.72 bits per heavy atom. The van der Waals surface area contributed by atoms with Gasteiger partial charge in [0.2, 0.25) is 5.88 Å². The molecule has 0 radical (unpaired) electrons. The highest BCUT2D eigenvalue weighted by atomic mass is 16.5. The zero-order chi connectivity index (χ0) is 13.0. The number of para-hydroxylation sites is 2. The zero-order valence-corrected chi connectivity index (χ0v) is 10.6. The van der Waals surface area contributed by atoms with Gasteiger partial charge in [-0.25, -0.2) is 4.98 Å². The number of nitrogen functional groups attached to an aromatic ring is 1. The summed E-state index contributed by atoms with van der Waals surface area (Å²) < 4.78 is 5.24. The molecule has 1 heterocycles. The molecule has 0 aliphatic rings. The van der Waals surface area contributed by atoms with Gasteiger partial charge in [0, 0.05) is 25.4 Å². The molecule has 4 heteroatoms. The SMILES string of the molecule is COc1ncccc1CN(C)c1ccccc1N.